The van der Waals surface area contributed by atoms with E-state index in [9.17, 15) is 12.8 Å². The second-order valence-electron chi connectivity index (χ2n) is 6.39. The number of ether oxygens (including phenoxy) is 1. The Labute approximate surface area is 130 Å². The van der Waals surface area contributed by atoms with Gasteiger partial charge in [0.05, 0.1) is 18.3 Å². The Morgan fingerprint density at radius 3 is 2.05 bits per heavy atom. The molecule has 1 aliphatic rings. The molecule has 22 heavy (non-hydrogen) atoms. The third-order valence-corrected chi connectivity index (χ3v) is 5.26. The Kier molecular flexibility index (Phi) is 4.09. The zero-order valence-corrected chi connectivity index (χ0v) is 14.4. The fourth-order valence-electron chi connectivity index (χ4n) is 2.18. The van der Waals surface area contributed by atoms with Gasteiger partial charge >= 0.3 is 7.12 Å². The number of hydrogen-bond donors (Lipinski definition) is 0. The van der Waals surface area contributed by atoms with E-state index in [0.717, 1.165) is 6.26 Å². The maximum atomic E-state index is 14.2. The first-order valence-corrected chi connectivity index (χ1v) is 8.71. The van der Waals surface area contributed by atoms with Crippen molar-refractivity contribution >= 4 is 22.4 Å². The van der Waals surface area contributed by atoms with Crippen LogP contribution in [0.15, 0.2) is 17.0 Å². The molecule has 1 saturated heterocycles. The van der Waals surface area contributed by atoms with Gasteiger partial charge in [0, 0.05) is 6.26 Å². The maximum Gasteiger partial charge on any atom is 0.494 e. The highest BCUT2D eigenvalue weighted by atomic mass is 32.2. The molecule has 0 saturated carbocycles. The number of hydrogen-bond acceptors (Lipinski definition) is 5. The Balaban J connectivity index is 2.54. The predicted molar refractivity (Wildman–Crippen MR) is 81.8 cm³/mol. The maximum absolute atomic E-state index is 14.2. The van der Waals surface area contributed by atoms with E-state index < -0.39 is 34.0 Å². The lowest BCUT2D eigenvalue weighted by Crippen LogP contribution is -2.41. The third kappa shape index (κ3) is 2.87. The van der Waals surface area contributed by atoms with Crippen LogP contribution in [-0.4, -0.2) is 40.1 Å². The number of sulfone groups is 1. The van der Waals surface area contributed by atoms with Gasteiger partial charge in [-0.3, -0.25) is 0 Å². The van der Waals surface area contributed by atoms with Crippen molar-refractivity contribution in [3.63, 3.8) is 0 Å². The fraction of sp³-hybridized carbons (Fsp3) is 0.571. The highest BCUT2D eigenvalue weighted by Gasteiger charge is 2.52. The summed E-state index contributed by atoms with van der Waals surface area (Å²) >= 11 is 0. The van der Waals surface area contributed by atoms with E-state index >= 15 is 0 Å². The van der Waals surface area contributed by atoms with Gasteiger partial charge in [-0.15, -0.1) is 0 Å². The van der Waals surface area contributed by atoms with Gasteiger partial charge in [0.2, 0.25) is 0 Å². The number of benzene rings is 1. The van der Waals surface area contributed by atoms with E-state index in [0.29, 0.717) is 5.46 Å². The molecule has 2 rings (SSSR count). The Bertz CT molecular complexity index is 683. The minimum Gasteiger partial charge on any atom is -0.492 e. The summed E-state index contributed by atoms with van der Waals surface area (Å²) in [5.41, 5.74) is -0.893. The van der Waals surface area contributed by atoms with Crippen LogP contribution in [-0.2, 0) is 19.1 Å². The van der Waals surface area contributed by atoms with Crippen molar-refractivity contribution in [2.45, 2.75) is 43.8 Å². The monoisotopic (exact) mass is 330 g/mol. The summed E-state index contributed by atoms with van der Waals surface area (Å²) in [5, 5.41) is 0. The summed E-state index contributed by atoms with van der Waals surface area (Å²) < 4.78 is 54.4. The Hall–Kier alpha value is -1.12. The van der Waals surface area contributed by atoms with E-state index in [1.165, 1.54) is 19.2 Å². The van der Waals surface area contributed by atoms with Crippen molar-refractivity contribution in [1.82, 2.24) is 0 Å². The molecule has 0 bridgehead atoms. The molecule has 0 N–H and O–H groups in total. The van der Waals surface area contributed by atoms with Crippen LogP contribution in [0.25, 0.3) is 0 Å². The molecule has 0 atom stereocenters. The summed E-state index contributed by atoms with van der Waals surface area (Å²) in [6.45, 7) is 7.46. The molecule has 0 amide bonds. The van der Waals surface area contributed by atoms with Gasteiger partial charge in [-0.05, 0) is 45.3 Å². The number of rotatable bonds is 3. The molecule has 1 aromatic rings. The van der Waals surface area contributed by atoms with E-state index in [4.69, 9.17) is 14.0 Å². The van der Waals surface area contributed by atoms with Crippen molar-refractivity contribution < 1.29 is 26.9 Å². The van der Waals surface area contributed by atoms with Crippen LogP contribution >= 0.6 is 0 Å². The zero-order chi connectivity index (χ0) is 16.9. The van der Waals surface area contributed by atoms with E-state index in [1.54, 1.807) is 0 Å². The lowest BCUT2D eigenvalue weighted by Gasteiger charge is -2.32. The van der Waals surface area contributed by atoms with Crippen molar-refractivity contribution in [2.24, 2.45) is 0 Å². The zero-order valence-electron chi connectivity index (χ0n) is 13.6. The second-order valence-corrected chi connectivity index (χ2v) is 8.38. The van der Waals surface area contributed by atoms with Crippen LogP contribution < -0.4 is 10.2 Å². The Morgan fingerprint density at radius 2 is 1.64 bits per heavy atom. The van der Waals surface area contributed by atoms with Crippen LogP contribution in [0.1, 0.15) is 27.7 Å². The van der Waals surface area contributed by atoms with Crippen molar-refractivity contribution in [1.29, 1.82) is 0 Å². The number of halogens is 1. The van der Waals surface area contributed by atoms with Gasteiger partial charge in [0.1, 0.15) is 4.90 Å². The van der Waals surface area contributed by atoms with Gasteiger partial charge in [-0.2, -0.15) is 0 Å². The van der Waals surface area contributed by atoms with Gasteiger partial charge in [0.25, 0.3) is 0 Å². The van der Waals surface area contributed by atoms with Crippen molar-refractivity contribution in [2.75, 3.05) is 13.4 Å². The van der Waals surface area contributed by atoms with Crippen LogP contribution in [0.4, 0.5) is 4.39 Å². The average molecular weight is 330 g/mol. The summed E-state index contributed by atoms with van der Waals surface area (Å²) in [6.07, 6.45) is 0.998. The summed E-state index contributed by atoms with van der Waals surface area (Å²) in [6, 6.07) is 2.51. The molecule has 0 unspecified atom stereocenters. The molecular weight excluding hydrogens is 310 g/mol. The summed E-state index contributed by atoms with van der Waals surface area (Å²) in [5.74, 6) is -1.07. The molecule has 0 spiro atoms. The first-order chi connectivity index (χ1) is 9.89. The van der Waals surface area contributed by atoms with Gasteiger partial charge in [-0.1, -0.05) is 0 Å². The van der Waals surface area contributed by atoms with Crippen molar-refractivity contribution in [3.05, 3.63) is 17.9 Å². The van der Waals surface area contributed by atoms with Crippen LogP contribution in [0, 0.1) is 5.82 Å². The minimum absolute atomic E-state index is 0.222. The molecule has 0 aromatic heterocycles. The smallest absolute Gasteiger partial charge is 0.492 e. The third-order valence-electron chi connectivity index (χ3n) is 4.16. The molecular formula is C14H20BFO5S. The summed E-state index contributed by atoms with van der Waals surface area (Å²) in [4.78, 5) is -0.222. The molecule has 0 radical (unpaired) electrons. The molecule has 1 aliphatic heterocycles. The normalized spacial score (nSPS) is 20.2. The number of methoxy groups -OCH3 is 1. The largest absolute Gasteiger partial charge is 0.494 e. The lowest BCUT2D eigenvalue weighted by molar-refractivity contribution is 0.00578. The van der Waals surface area contributed by atoms with E-state index in [1.807, 2.05) is 27.7 Å². The van der Waals surface area contributed by atoms with Crippen LogP contribution in [0.2, 0.25) is 0 Å². The van der Waals surface area contributed by atoms with Gasteiger partial charge in [-0.25, -0.2) is 12.8 Å². The Morgan fingerprint density at radius 1 is 1.14 bits per heavy atom. The molecule has 0 aliphatic carbocycles. The highest BCUT2D eigenvalue weighted by Crippen LogP contribution is 2.37. The molecule has 5 nitrogen and oxygen atoms in total. The van der Waals surface area contributed by atoms with Gasteiger partial charge < -0.3 is 14.0 Å². The molecule has 122 valence electrons. The standard InChI is InChI=1S/C14H20BFO5S/c1-13(2)14(3,4)21-15(20-13)9-7-10(16)12(19-5)11(8-9)22(6,17)18/h7-8H,1-6H3. The SMILES string of the molecule is COc1c(F)cc(B2OC(C)(C)C(C)(C)O2)cc1S(C)(=O)=O. The van der Waals surface area contributed by atoms with Gasteiger partial charge in [0.15, 0.2) is 21.4 Å². The quantitative estimate of drug-likeness (QED) is 0.787. The molecule has 8 heteroatoms. The lowest BCUT2D eigenvalue weighted by atomic mass is 9.79. The average Bonchev–Trinajstić information content (AvgIpc) is 2.56. The first-order valence-electron chi connectivity index (χ1n) is 6.82. The predicted octanol–water partition coefficient (Wildman–Crippen LogP) is 1.54. The fourth-order valence-corrected chi connectivity index (χ4v) is 3.04. The molecule has 1 aromatic carbocycles. The second kappa shape index (κ2) is 5.21. The van der Waals surface area contributed by atoms with Crippen molar-refractivity contribution in [3.8, 4) is 5.75 Å². The van der Waals surface area contributed by atoms with E-state index in [-0.39, 0.29) is 10.6 Å². The van der Waals surface area contributed by atoms with Crippen LogP contribution in [0.3, 0.4) is 0 Å². The van der Waals surface area contributed by atoms with Crippen LogP contribution in [0.5, 0.6) is 5.75 Å². The highest BCUT2D eigenvalue weighted by molar-refractivity contribution is 7.90. The molecule has 1 heterocycles. The van der Waals surface area contributed by atoms with E-state index in [2.05, 4.69) is 0 Å². The summed E-state index contributed by atoms with van der Waals surface area (Å²) in [7, 11) is -3.27. The topological polar surface area (TPSA) is 61.8 Å². The molecule has 1 fully saturated rings. The minimum atomic E-state index is -3.65. The first kappa shape index (κ1) is 17.2.